The maximum atomic E-state index is 10.8. The van der Waals surface area contributed by atoms with Gasteiger partial charge in [-0.1, -0.05) is 0 Å². The van der Waals surface area contributed by atoms with Crippen LogP contribution in [0, 0.1) is 0 Å². The Morgan fingerprint density at radius 2 is 1.50 bits per heavy atom. The molecule has 0 aromatic rings. The van der Waals surface area contributed by atoms with Crippen molar-refractivity contribution >= 4 is 5.97 Å². The maximum Gasteiger partial charge on any atom is 0.331 e. The topological polar surface area (TPSA) is 80.0 Å². The Morgan fingerprint density at radius 1 is 0.950 bits per heavy atom. The minimum absolute atomic E-state index is 0.0279. The van der Waals surface area contributed by atoms with Gasteiger partial charge in [0.15, 0.2) is 0 Å². The van der Waals surface area contributed by atoms with Crippen LogP contribution in [0.3, 0.4) is 0 Å². The van der Waals surface area contributed by atoms with Gasteiger partial charge >= 0.3 is 5.97 Å². The van der Waals surface area contributed by atoms with Gasteiger partial charge < -0.3 is 29.2 Å². The lowest BCUT2D eigenvalue weighted by Crippen LogP contribution is -2.45. The molecular formula is C13H29N2O5+. The molecule has 0 aromatic carbocycles. The lowest BCUT2D eigenvalue weighted by molar-refractivity contribution is -0.891. The zero-order valence-corrected chi connectivity index (χ0v) is 12.9. The van der Waals surface area contributed by atoms with Gasteiger partial charge in [-0.3, -0.25) is 0 Å². The van der Waals surface area contributed by atoms with Crippen LogP contribution in [0.2, 0.25) is 0 Å². The summed E-state index contributed by atoms with van der Waals surface area (Å²) in [6, 6.07) is 0. The first kappa shape index (κ1) is 19.3. The molecule has 0 spiro atoms. The fourth-order valence-electron chi connectivity index (χ4n) is 1.35. The number of nitrogens with zero attached hydrogens (tertiary/aromatic N) is 1. The highest BCUT2D eigenvalue weighted by atomic mass is 16.6. The average molecular weight is 293 g/mol. The third kappa shape index (κ3) is 12.3. The molecule has 0 fully saturated rings. The molecule has 0 rings (SSSR count). The summed E-state index contributed by atoms with van der Waals surface area (Å²) in [6.45, 7) is 5.15. The molecular weight excluding hydrogens is 264 g/mol. The number of hydrogen-bond acceptors (Lipinski definition) is 6. The molecule has 0 unspecified atom stereocenters. The van der Waals surface area contributed by atoms with E-state index in [4.69, 9.17) is 19.9 Å². The van der Waals surface area contributed by atoms with E-state index in [1.165, 1.54) is 7.11 Å². The number of carbonyl (C=O) groups excluding carboxylic acids is 1. The first-order valence-electron chi connectivity index (χ1n) is 6.84. The van der Waals surface area contributed by atoms with Gasteiger partial charge in [-0.05, 0) is 0 Å². The molecule has 0 atom stereocenters. The highest BCUT2D eigenvalue weighted by Crippen LogP contribution is 1.97. The predicted molar refractivity (Wildman–Crippen MR) is 75.4 cm³/mol. The van der Waals surface area contributed by atoms with Gasteiger partial charge in [0.1, 0.15) is 19.7 Å². The SMILES string of the molecule is COC(=O)COCCOCC[N+](C)(C)CCOCCN. The second-order valence-electron chi connectivity index (χ2n) is 5.03. The molecule has 0 aliphatic rings. The van der Waals surface area contributed by atoms with Crippen molar-refractivity contribution in [1.29, 1.82) is 0 Å². The normalized spacial score (nSPS) is 11.6. The molecule has 0 saturated carbocycles. The molecule has 0 aliphatic carbocycles. The number of esters is 1. The molecule has 7 heteroatoms. The summed E-state index contributed by atoms with van der Waals surface area (Å²) >= 11 is 0. The summed E-state index contributed by atoms with van der Waals surface area (Å²) in [6.07, 6.45) is 0. The van der Waals surface area contributed by atoms with Crippen molar-refractivity contribution < 1.29 is 28.2 Å². The van der Waals surface area contributed by atoms with Gasteiger partial charge in [-0.15, -0.1) is 0 Å². The van der Waals surface area contributed by atoms with Crippen LogP contribution in [-0.4, -0.2) is 90.9 Å². The summed E-state index contributed by atoms with van der Waals surface area (Å²) < 4.78 is 21.2. The molecule has 0 radical (unpaired) electrons. The smallest absolute Gasteiger partial charge is 0.331 e. The van der Waals surface area contributed by atoms with Gasteiger partial charge in [-0.25, -0.2) is 4.79 Å². The van der Waals surface area contributed by atoms with E-state index in [2.05, 4.69) is 18.8 Å². The highest BCUT2D eigenvalue weighted by Gasteiger charge is 2.14. The fraction of sp³-hybridized carbons (Fsp3) is 0.923. The maximum absolute atomic E-state index is 10.8. The Morgan fingerprint density at radius 3 is 2.05 bits per heavy atom. The minimum atomic E-state index is -0.375. The van der Waals surface area contributed by atoms with Crippen molar-refractivity contribution in [2.45, 2.75) is 0 Å². The van der Waals surface area contributed by atoms with E-state index >= 15 is 0 Å². The first-order chi connectivity index (χ1) is 9.52. The third-order valence-corrected chi connectivity index (χ3v) is 2.76. The van der Waals surface area contributed by atoms with Crippen molar-refractivity contribution in [1.82, 2.24) is 0 Å². The summed E-state index contributed by atoms with van der Waals surface area (Å²) in [5.74, 6) is -0.375. The summed E-state index contributed by atoms with van der Waals surface area (Å²) in [4.78, 5) is 10.8. The number of hydrogen-bond donors (Lipinski definition) is 1. The van der Waals surface area contributed by atoms with Gasteiger partial charge in [0, 0.05) is 6.54 Å². The molecule has 0 aromatic heterocycles. The number of methoxy groups -OCH3 is 1. The standard InChI is InChI=1S/C13H29N2O5/c1-15(2,5-8-18-7-4-14)6-9-19-10-11-20-12-13(16)17-3/h4-12,14H2,1-3H3/q+1. The van der Waals surface area contributed by atoms with Gasteiger partial charge in [0.2, 0.25) is 0 Å². The van der Waals surface area contributed by atoms with Crippen molar-refractivity contribution in [3.8, 4) is 0 Å². The van der Waals surface area contributed by atoms with E-state index < -0.39 is 0 Å². The minimum Gasteiger partial charge on any atom is -0.467 e. The van der Waals surface area contributed by atoms with Crippen LogP contribution in [0.5, 0.6) is 0 Å². The van der Waals surface area contributed by atoms with Crippen LogP contribution in [0.4, 0.5) is 0 Å². The Labute approximate surface area is 121 Å². The Kier molecular flexibility index (Phi) is 11.6. The first-order valence-corrected chi connectivity index (χ1v) is 6.84. The van der Waals surface area contributed by atoms with E-state index in [1.54, 1.807) is 0 Å². The molecule has 2 N–H and O–H groups in total. The van der Waals surface area contributed by atoms with Crippen molar-refractivity contribution in [3.63, 3.8) is 0 Å². The summed E-state index contributed by atoms with van der Waals surface area (Å²) in [5, 5.41) is 0. The number of likely N-dealkylation sites (N-methyl/N-ethyl adjacent to an activating group) is 1. The number of rotatable bonds is 13. The summed E-state index contributed by atoms with van der Waals surface area (Å²) in [7, 11) is 5.59. The Hall–Kier alpha value is -0.730. The quantitative estimate of drug-likeness (QED) is 0.273. The Bertz CT molecular complexity index is 249. The largest absolute Gasteiger partial charge is 0.467 e. The van der Waals surface area contributed by atoms with Crippen LogP contribution in [0.15, 0.2) is 0 Å². The van der Waals surface area contributed by atoms with Crippen LogP contribution >= 0.6 is 0 Å². The highest BCUT2D eigenvalue weighted by molar-refractivity contribution is 5.70. The van der Waals surface area contributed by atoms with E-state index in [0.717, 1.165) is 17.6 Å². The van der Waals surface area contributed by atoms with Crippen LogP contribution < -0.4 is 5.73 Å². The number of carbonyl (C=O) groups is 1. The molecule has 0 bridgehead atoms. The van der Waals surface area contributed by atoms with Gasteiger partial charge in [-0.2, -0.15) is 0 Å². The number of nitrogens with two attached hydrogens (primary N) is 1. The average Bonchev–Trinajstić information content (AvgIpc) is 2.42. The fourth-order valence-corrected chi connectivity index (χ4v) is 1.35. The van der Waals surface area contributed by atoms with Crippen LogP contribution in [0.1, 0.15) is 0 Å². The molecule has 0 aliphatic heterocycles. The monoisotopic (exact) mass is 293 g/mol. The summed E-state index contributed by atoms with van der Waals surface area (Å²) in [5.41, 5.74) is 5.35. The molecule has 120 valence electrons. The van der Waals surface area contributed by atoms with Crippen molar-refractivity contribution in [3.05, 3.63) is 0 Å². The molecule has 0 saturated heterocycles. The second kappa shape index (κ2) is 12.0. The van der Waals surface area contributed by atoms with Crippen molar-refractivity contribution in [2.75, 3.05) is 80.5 Å². The zero-order chi connectivity index (χ0) is 15.3. The molecule has 0 heterocycles. The molecule has 0 amide bonds. The van der Waals surface area contributed by atoms with Crippen LogP contribution in [0.25, 0.3) is 0 Å². The number of quaternary nitrogens is 1. The predicted octanol–water partition coefficient (Wildman–Crippen LogP) is -0.756. The molecule has 20 heavy (non-hydrogen) atoms. The lowest BCUT2D eigenvalue weighted by Gasteiger charge is -2.29. The van der Waals surface area contributed by atoms with E-state index in [9.17, 15) is 4.79 Å². The number of ether oxygens (including phenoxy) is 4. The molecule has 7 nitrogen and oxygen atoms in total. The van der Waals surface area contributed by atoms with Crippen LogP contribution in [-0.2, 0) is 23.7 Å². The lowest BCUT2D eigenvalue weighted by atomic mass is 10.4. The second-order valence-corrected chi connectivity index (χ2v) is 5.03. The third-order valence-electron chi connectivity index (χ3n) is 2.76. The van der Waals surface area contributed by atoms with Gasteiger partial charge in [0.25, 0.3) is 0 Å². The Balaban J connectivity index is 3.41. The zero-order valence-electron chi connectivity index (χ0n) is 12.9. The van der Waals surface area contributed by atoms with E-state index in [1.807, 2.05) is 0 Å². The van der Waals surface area contributed by atoms with E-state index in [-0.39, 0.29) is 12.6 Å². The van der Waals surface area contributed by atoms with Gasteiger partial charge in [0.05, 0.1) is 54.2 Å². The van der Waals surface area contributed by atoms with E-state index in [0.29, 0.717) is 39.6 Å². The van der Waals surface area contributed by atoms with Crippen molar-refractivity contribution in [2.24, 2.45) is 5.73 Å².